The Bertz CT molecular complexity index is 1400. The van der Waals surface area contributed by atoms with Crippen LogP contribution < -0.4 is 10.7 Å². The number of amides is 1. The SMILES string of the molecule is CC(OC(=O)Cn1c2ccccc2c(=O)c2ccccc21)C(=O)Nc1cccc(C(F)(F)F)c1. The molecule has 0 fully saturated rings. The van der Waals surface area contributed by atoms with Gasteiger partial charge in [-0.2, -0.15) is 13.2 Å². The number of carbonyl (C=O) groups is 2. The second kappa shape index (κ2) is 9.01. The van der Waals surface area contributed by atoms with Crippen molar-refractivity contribution in [3.8, 4) is 0 Å². The van der Waals surface area contributed by atoms with Gasteiger partial charge in [0, 0.05) is 16.5 Å². The van der Waals surface area contributed by atoms with Crippen LogP contribution in [0, 0.1) is 0 Å². The first-order valence-corrected chi connectivity index (χ1v) is 10.3. The average molecular weight is 468 g/mol. The standard InChI is InChI=1S/C25H19F3N2O4/c1-15(24(33)29-17-8-6-7-16(13-17)25(26,27)28)34-22(31)14-30-20-11-4-2-9-18(20)23(32)19-10-3-5-12-21(19)30/h2-13,15H,14H2,1H3,(H,29,33). The monoisotopic (exact) mass is 468 g/mol. The minimum absolute atomic E-state index is 0.0693. The molecule has 0 aliphatic rings. The van der Waals surface area contributed by atoms with Crippen LogP contribution in [0.1, 0.15) is 12.5 Å². The fourth-order valence-electron chi connectivity index (χ4n) is 3.68. The highest BCUT2D eigenvalue weighted by Gasteiger charge is 2.30. The van der Waals surface area contributed by atoms with Gasteiger partial charge in [-0.25, -0.2) is 0 Å². The Morgan fingerprint density at radius 3 is 2.12 bits per heavy atom. The lowest BCUT2D eigenvalue weighted by Gasteiger charge is -2.17. The van der Waals surface area contributed by atoms with Crippen LogP contribution in [0.2, 0.25) is 0 Å². The second-order valence-corrected chi connectivity index (χ2v) is 7.65. The van der Waals surface area contributed by atoms with Crippen LogP contribution in [-0.4, -0.2) is 22.5 Å². The molecule has 0 radical (unpaired) electrons. The van der Waals surface area contributed by atoms with Crippen molar-refractivity contribution in [3.05, 3.63) is 88.6 Å². The van der Waals surface area contributed by atoms with Crippen molar-refractivity contribution in [2.45, 2.75) is 25.7 Å². The maximum Gasteiger partial charge on any atom is 0.416 e. The topological polar surface area (TPSA) is 77.4 Å². The number of fused-ring (bicyclic) bond motifs is 2. The third-order valence-corrected chi connectivity index (χ3v) is 5.30. The first-order valence-electron chi connectivity index (χ1n) is 10.3. The molecule has 1 unspecified atom stereocenters. The molecule has 34 heavy (non-hydrogen) atoms. The zero-order valence-corrected chi connectivity index (χ0v) is 17.9. The molecule has 1 aromatic heterocycles. The van der Waals surface area contributed by atoms with Gasteiger partial charge in [0.05, 0.1) is 16.6 Å². The summed E-state index contributed by atoms with van der Waals surface area (Å²) in [6, 6.07) is 17.8. The molecule has 0 saturated carbocycles. The van der Waals surface area contributed by atoms with E-state index in [1.54, 1.807) is 53.1 Å². The van der Waals surface area contributed by atoms with Crippen molar-refractivity contribution in [1.82, 2.24) is 4.57 Å². The number of halogens is 3. The fourth-order valence-corrected chi connectivity index (χ4v) is 3.68. The van der Waals surface area contributed by atoms with Crippen molar-refractivity contribution >= 4 is 39.4 Å². The molecule has 9 heteroatoms. The predicted octanol–water partition coefficient (Wildman–Crippen LogP) is 4.74. The van der Waals surface area contributed by atoms with Crippen LogP contribution in [0.4, 0.5) is 18.9 Å². The van der Waals surface area contributed by atoms with E-state index < -0.39 is 29.7 Å². The van der Waals surface area contributed by atoms with Gasteiger partial charge in [-0.1, -0.05) is 30.3 Å². The van der Waals surface area contributed by atoms with Crippen molar-refractivity contribution in [2.75, 3.05) is 5.32 Å². The summed E-state index contributed by atoms with van der Waals surface area (Å²) in [5.74, 6) is -1.52. The number of nitrogens with zero attached hydrogens (tertiary/aromatic N) is 1. The number of aromatic nitrogens is 1. The van der Waals surface area contributed by atoms with E-state index in [2.05, 4.69) is 5.32 Å². The molecule has 3 aromatic carbocycles. The van der Waals surface area contributed by atoms with E-state index in [0.717, 1.165) is 12.1 Å². The first kappa shape index (κ1) is 23.0. The minimum atomic E-state index is -4.55. The lowest BCUT2D eigenvalue weighted by Crippen LogP contribution is -2.31. The molecule has 1 N–H and O–H groups in total. The quantitative estimate of drug-likeness (QED) is 0.339. The Hall–Kier alpha value is -4.14. The van der Waals surface area contributed by atoms with Crippen molar-refractivity contribution in [1.29, 1.82) is 0 Å². The summed E-state index contributed by atoms with van der Waals surface area (Å²) in [5, 5.41) is 3.19. The molecule has 6 nitrogen and oxygen atoms in total. The van der Waals surface area contributed by atoms with Gasteiger partial charge >= 0.3 is 12.1 Å². The number of carbonyl (C=O) groups excluding carboxylic acids is 2. The van der Waals surface area contributed by atoms with Gasteiger partial charge in [0.25, 0.3) is 5.91 Å². The number of alkyl halides is 3. The van der Waals surface area contributed by atoms with E-state index in [1.165, 1.54) is 19.1 Å². The van der Waals surface area contributed by atoms with Crippen LogP contribution in [0.3, 0.4) is 0 Å². The molecule has 0 spiro atoms. The maximum atomic E-state index is 12.9. The van der Waals surface area contributed by atoms with Crippen LogP contribution in [0.25, 0.3) is 21.8 Å². The molecular formula is C25H19F3N2O4. The second-order valence-electron chi connectivity index (χ2n) is 7.65. The van der Waals surface area contributed by atoms with Crippen LogP contribution in [0.5, 0.6) is 0 Å². The molecule has 1 atom stereocenters. The molecular weight excluding hydrogens is 449 g/mol. The Balaban J connectivity index is 1.53. The number of nitrogens with one attached hydrogen (secondary N) is 1. The summed E-state index contributed by atoms with van der Waals surface area (Å²) in [4.78, 5) is 37.9. The maximum absolute atomic E-state index is 12.9. The molecule has 4 rings (SSSR count). The lowest BCUT2D eigenvalue weighted by atomic mass is 10.1. The Kier molecular flexibility index (Phi) is 6.10. The number of hydrogen-bond donors (Lipinski definition) is 1. The third-order valence-electron chi connectivity index (χ3n) is 5.30. The van der Waals surface area contributed by atoms with Crippen LogP contribution >= 0.6 is 0 Å². The minimum Gasteiger partial charge on any atom is -0.451 e. The number of benzene rings is 3. The molecule has 174 valence electrons. The molecule has 0 aliphatic carbocycles. The van der Waals surface area contributed by atoms with E-state index in [9.17, 15) is 27.6 Å². The van der Waals surface area contributed by atoms with Crippen molar-refractivity contribution < 1.29 is 27.5 Å². The Morgan fingerprint density at radius 1 is 0.941 bits per heavy atom. The number of hydrogen-bond acceptors (Lipinski definition) is 4. The van der Waals surface area contributed by atoms with E-state index in [4.69, 9.17) is 4.74 Å². The zero-order valence-electron chi connectivity index (χ0n) is 17.9. The largest absolute Gasteiger partial charge is 0.451 e. The highest BCUT2D eigenvalue weighted by atomic mass is 19.4. The van der Waals surface area contributed by atoms with Gasteiger partial charge in [0.15, 0.2) is 11.5 Å². The number of esters is 1. The van der Waals surface area contributed by atoms with Crippen LogP contribution in [0.15, 0.2) is 77.6 Å². The summed E-state index contributed by atoms with van der Waals surface area (Å²) in [7, 11) is 0. The smallest absolute Gasteiger partial charge is 0.416 e. The molecule has 0 saturated heterocycles. The van der Waals surface area contributed by atoms with E-state index in [0.29, 0.717) is 21.8 Å². The van der Waals surface area contributed by atoms with Gasteiger partial charge in [0.2, 0.25) is 0 Å². The molecule has 0 aliphatic heterocycles. The van der Waals surface area contributed by atoms with E-state index in [-0.39, 0.29) is 17.7 Å². The molecule has 4 aromatic rings. The van der Waals surface area contributed by atoms with Crippen molar-refractivity contribution in [3.63, 3.8) is 0 Å². The summed E-state index contributed by atoms with van der Waals surface area (Å²) in [6.45, 7) is 1.05. The number of ether oxygens (including phenoxy) is 1. The number of pyridine rings is 1. The lowest BCUT2D eigenvalue weighted by molar-refractivity contribution is -0.153. The average Bonchev–Trinajstić information content (AvgIpc) is 2.81. The highest BCUT2D eigenvalue weighted by Crippen LogP contribution is 2.30. The molecule has 1 heterocycles. The van der Waals surface area contributed by atoms with Gasteiger partial charge in [-0.05, 0) is 49.4 Å². The Morgan fingerprint density at radius 2 is 1.53 bits per heavy atom. The van der Waals surface area contributed by atoms with Gasteiger partial charge in [0.1, 0.15) is 6.54 Å². The van der Waals surface area contributed by atoms with E-state index >= 15 is 0 Å². The number of para-hydroxylation sites is 2. The normalized spacial score (nSPS) is 12.5. The first-order chi connectivity index (χ1) is 16.1. The summed E-state index contributed by atoms with van der Waals surface area (Å²) < 4.78 is 45.5. The van der Waals surface area contributed by atoms with Crippen molar-refractivity contribution in [2.24, 2.45) is 0 Å². The van der Waals surface area contributed by atoms with Crippen LogP contribution in [-0.2, 0) is 27.0 Å². The van der Waals surface area contributed by atoms with Gasteiger partial charge < -0.3 is 14.6 Å². The number of anilines is 1. The van der Waals surface area contributed by atoms with Gasteiger partial charge in [-0.15, -0.1) is 0 Å². The summed E-state index contributed by atoms with van der Waals surface area (Å²) in [6.07, 6.45) is -5.82. The number of rotatable bonds is 5. The zero-order chi connectivity index (χ0) is 24.5. The molecule has 1 amide bonds. The summed E-state index contributed by atoms with van der Waals surface area (Å²) in [5.41, 5.74) is -0.0786. The predicted molar refractivity (Wildman–Crippen MR) is 121 cm³/mol. The third kappa shape index (κ3) is 4.63. The fraction of sp³-hybridized carbons (Fsp3) is 0.160. The summed E-state index contributed by atoms with van der Waals surface area (Å²) >= 11 is 0. The highest BCUT2D eigenvalue weighted by molar-refractivity contribution is 5.96. The molecule has 0 bridgehead atoms. The van der Waals surface area contributed by atoms with E-state index in [1.807, 2.05) is 0 Å². The Labute approximate surface area is 191 Å². The van der Waals surface area contributed by atoms with Gasteiger partial charge in [-0.3, -0.25) is 14.4 Å².